The number of ether oxygens (including phenoxy) is 2. The lowest BCUT2D eigenvalue weighted by Gasteiger charge is -2.12. The van der Waals surface area contributed by atoms with E-state index in [0.29, 0.717) is 30.0 Å². The first-order valence-electron chi connectivity index (χ1n) is 5.76. The lowest BCUT2D eigenvalue weighted by molar-refractivity contribution is -0.116. The van der Waals surface area contributed by atoms with Crippen LogP contribution in [-0.4, -0.2) is 33.0 Å². The van der Waals surface area contributed by atoms with Crippen LogP contribution in [0.2, 0.25) is 0 Å². The predicted molar refractivity (Wildman–Crippen MR) is 71.8 cm³/mol. The average molecular weight is 263 g/mol. The second-order valence-corrected chi connectivity index (χ2v) is 3.77. The maximum Gasteiger partial charge on any atom is 0.243 e. The van der Waals surface area contributed by atoms with Crippen LogP contribution < -0.4 is 14.8 Å². The first kappa shape index (κ1) is 14.8. The molecule has 0 saturated carbocycles. The van der Waals surface area contributed by atoms with Gasteiger partial charge in [0.25, 0.3) is 0 Å². The van der Waals surface area contributed by atoms with Crippen molar-refractivity contribution in [2.45, 2.75) is 6.42 Å². The molecule has 0 atom stereocenters. The number of carbonyl (C=O) groups excluding carboxylic acids is 2. The molecular weight excluding hydrogens is 246 g/mol. The molecule has 1 aromatic carbocycles. The Bertz CT molecular complexity index is 483. The zero-order valence-electron chi connectivity index (χ0n) is 11.1. The zero-order valence-corrected chi connectivity index (χ0v) is 11.1. The van der Waals surface area contributed by atoms with Gasteiger partial charge in [-0.25, -0.2) is 0 Å². The van der Waals surface area contributed by atoms with Crippen LogP contribution in [0.15, 0.2) is 24.8 Å². The highest BCUT2D eigenvalue weighted by Gasteiger charge is 2.10. The lowest BCUT2D eigenvalue weighted by Crippen LogP contribution is -2.23. The van der Waals surface area contributed by atoms with Crippen LogP contribution in [0.1, 0.15) is 15.9 Å². The molecule has 0 saturated heterocycles. The molecule has 1 aromatic rings. The Morgan fingerprint density at radius 2 is 1.95 bits per heavy atom. The van der Waals surface area contributed by atoms with Crippen molar-refractivity contribution in [1.82, 2.24) is 5.32 Å². The number of carbonyl (C=O) groups is 2. The van der Waals surface area contributed by atoms with E-state index in [4.69, 9.17) is 9.47 Å². The van der Waals surface area contributed by atoms with Crippen molar-refractivity contribution in [3.05, 3.63) is 35.9 Å². The molecule has 1 N–H and O–H groups in total. The monoisotopic (exact) mass is 263 g/mol. The van der Waals surface area contributed by atoms with Gasteiger partial charge in [-0.3, -0.25) is 9.59 Å². The van der Waals surface area contributed by atoms with Crippen molar-refractivity contribution in [3.63, 3.8) is 0 Å². The van der Waals surface area contributed by atoms with Crippen LogP contribution in [0, 0.1) is 0 Å². The first-order chi connectivity index (χ1) is 9.15. The zero-order chi connectivity index (χ0) is 14.3. The van der Waals surface area contributed by atoms with Crippen LogP contribution >= 0.6 is 0 Å². The second-order valence-electron chi connectivity index (χ2n) is 3.77. The number of hydrogen-bond donors (Lipinski definition) is 1. The van der Waals surface area contributed by atoms with Gasteiger partial charge in [-0.2, -0.15) is 0 Å². The molecular formula is C14H17NO4. The van der Waals surface area contributed by atoms with E-state index in [1.54, 1.807) is 12.1 Å². The highest BCUT2D eigenvalue weighted by molar-refractivity contribution is 5.86. The Kier molecular flexibility index (Phi) is 5.60. The van der Waals surface area contributed by atoms with Gasteiger partial charge in [0.15, 0.2) is 11.5 Å². The lowest BCUT2D eigenvalue weighted by atomic mass is 10.0. The third-order valence-corrected chi connectivity index (χ3v) is 2.65. The van der Waals surface area contributed by atoms with Crippen molar-refractivity contribution in [2.24, 2.45) is 0 Å². The van der Waals surface area contributed by atoms with Crippen LogP contribution in [0.4, 0.5) is 0 Å². The number of amides is 1. The van der Waals surface area contributed by atoms with Crippen LogP contribution in [0.3, 0.4) is 0 Å². The Labute approximate surface area is 112 Å². The van der Waals surface area contributed by atoms with E-state index in [1.165, 1.54) is 20.3 Å². The summed E-state index contributed by atoms with van der Waals surface area (Å²) in [6.07, 6.45) is 2.48. The van der Waals surface area contributed by atoms with Gasteiger partial charge in [-0.05, 0) is 30.2 Å². The van der Waals surface area contributed by atoms with Gasteiger partial charge in [0.05, 0.1) is 14.2 Å². The normalized spacial score (nSPS) is 9.58. The van der Waals surface area contributed by atoms with Crippen LogP contribution in [0.25, 0.3) is 0 Å². The number of hydrogen-bond acceptors (Lipinski definition) is 4. The van der Waals surface area contributed by atoms with Gasteiger partial charge < -0.3 is 14.8 Å². The van der Waals surface area contributed by atoms with Gasteiger partial charge in [-0.1, -0.05) is 6.58 Å². The fourth-order valence-electron chi connectivity index (χ4n) is 1.66. The van der Waals surface area contributed by atoms with Gasteiger partial charge in [0.2, 0.25) is 5.91 Å². The van der Waals surface area contributed by atoms with E-state index in [9.17, 15) is 9.59 Å². The maximum atomic E-state index is 11.0. The largest absolute Gasteiger partial charge is 0.493 e. The minimum Gasteiger partial charge on any atom is -0.493 e. The number of nitrogens with one attached hydrogen (secondary N) is 1. The molecule has 0 radical (unpaired) electrons. The molecule has 0 aromatic heterocycles. The Hall–Kier alpha value is -2.30. The average Bonchev–Trinajstić information content (AvgIpc) is 2.46. The minimum absolute atomic E-state index is 0.242. The molecule has 0 aliphatic heterocycles. The standard InChI is InChI=1S/C14H17NO4/c1-4-14(17)15-6-5-10-7-12(18-2)13(19-3)8-11(10)9-16/h4,7-9H,1,5-6H2,2-3H3,(H,15,17). The van der Waals surface area contributed by atoms with E-state index in [0.717, 1.165) is 11.8 Å². The van der Waals surface area contributed by atoms with Crippen LogP contribution in [0.5, 0.6) is 11.5 Å². The Morgan fingerprint density at radius 1 is 1.32 bits per heavy atom. The van der Waals surface area contributed by atoms with Gasteiger partial charge >= 0.3 is 0 Å². The molecule has 0 spiro atoms. The second kappa shape index (κ2) is 7.20. The summed E-state index contributed by atoms with van der Waals surface area (Å²) in [4.78, 5) is 22.1. The van der Waals surface area contributed by atoms with Crippen molar-refractivity contribution in [3.8, 4) is 11.5 Å². The Balaban J connectivity index is 2.89. The molecule has 0 fully saturated rings. The van der Waals surface area contributed by atoms with E-state index in [2.05, 4.69) is 11.9 Å². The van der Waals surface area contributed by atoms with Crippen molar-refractivity contribution >= 4 is 12.2 Å². The number of benzene rings is 1. The molecule has 5 nitrogen and oxygen atoms in total. The first-order valence-corrected chi connectivity index (χ1v) is 5.76. The summed E-state index contributed by atoms with van der Waals surface area (Å²) in [5, 5.41) is 2.65. The van der Waals surface area contributed by atoms with E-state index < -0.39 is 0 Å². The van der Waals surface area contributed by atoms with Gasteiger partial charge in [0.1, 0.15) is 6.29 Å². The summed E-state index contributed by atoms with van der Waals surface area (Å²) in [5.74, 6) is 0.815. The Morgan fingerprint density at radius 3 is 2.47 bits per heavy atom. The summed E-state index contributed by atoms with van der Waals surface area (Å²) in [6.45, 7) is 3.78. The molecule has 5 heteroatoms. The SMILES string of the molecule is C=CC(=O)NCCc1cc(OC)c(OC)cc1C=O. The molecule has 1 rings (SSSR count). The predicted octanol–water partition coefficient (Wildman–Crippen LogP) is 1.36. The number of aldehydes is 1. The summed E-state index contributed by atoms with van der Waals surface area (Å²) in [7, 11) is 3.04. The molecule has 102 valence electrons. The topological polar surface area (TPSA) is 64.6 Å². The molecule has 0 unspecified atom stereocenters. The van der Waals surface area contributed by atoms with Crippen molar-refractivity contribution in [2.75, 3.05) is 20.8 Å². The van der Waals surface area contributed by atoms with Crippen LogP contribution in [-0.2, 0) is 11.2 Å². The van der Waals surface area contributed by atoms with E-state index in [-0.39, 0.29) is 5.91 Å². The third kappa shape index (κ3) is 3.84. The molecule has 0 aliphatic carbocycles. The molecule has 19 heavy (non-hydrogen) atoms. The number of rotatable bonds is 7. The van der Waals surface area contributed by atoms with Crippen molar-refractivity contribution < 1.29 is 19.1 Å². The molecule has 0 bridgehead atoms. The molecule has 1 amide bonds. The molecule has 0 heterocycles. The van der Waals surface area contributed by atoms with Gasteiger partial charge in [-0.15, -0.1) is 0 Å². The minimum atomic E-state index is -0.242. The number of methoxy groups -OCH3 is 2. The van der Waals surface area contributed by atoms with E-state index in [1.807, 2.05) is 0 Å². The van der Waals surface area contributed by atoms with E-state index >= 15 is 0 Å². The summed E-state index contributed by atoms with van der Waals surface area (Å²) in [6, 6.07) is 3.36. The van der Waals surface area contributed by atoms with Gasteiger partial charge in [0, 0.05) is 12.1 Å². The quantitative estimate of drug-likeness (QED) is 0.596. The highest BCUT2D eigenvalue weighted by atomic mass is 16.5. The van der Waals surface area contributed by atoms with Crippen molar-refractivity contribution in [1.29, 1.82) is 0 Å². The third-order valence-electron chi connectivity index (χ3n) is 2.65. The smallest absolute Gasteiger partial charge is 0.243 e. The summed E-state index contributed by atoms with van der Waals surface area (Å²) < 4.78 is 10.3. The molecule has 0 aliphatic rings. The fraction of sp³-hybridized carbons (Fsp3) is 0.286. The highest BCUT2D eigenvalue weighted by Crippen LogP contribution is 2.30. The summed E-state index contributed by atoms with van der Waals surface area (Å²) >= 11 is 0. The summed E-state index contributed by atoms with van der Waals surface area (Å²) in [5.41, 5.74) is 1.31. The fourth-order valence-corrected chi connectivity index (χ4v) is 1.66. The maximum absolute atomic E-state index is 11.0.